The van der Waals surface area contributed by atoms with E-state index in [1.54, 1.807) is 13.0 Å². The average molecular weight is 588 g/mol. The monoisotopic (exact) mass is 587 g/mol. The van der Waals surface area contributed by atoms with E-state index in [-0.39, 0.29) is 11.9 Å². The number of carbonyl (C=O) groups is 2. The fraction of sp³-hybridized carbons (Fsp3) is 0.412. The van der Waals surface area contributed by atoms with Gasteiger partial charge in [-0.1, -0.05) is 67.5 Å². The van der Waals surface area contributed by atoms with Gasteiger partial charge in [-0.3, -0.25) is 9.59 Å². The van der Waals surface area contributed by atoms with Crippen LogP contribution in [0.5, 0.6) is 0 Å². The van der Waals surface area contributed by atoms with Gasteiger partial charge in [0.2, 0.25) is 0 Å². The first-order chi connectivity index (χ1) is 20.7. The maximum atomic E-state index is 12.4. The van der Waals surface area contributed by atoms with Crippen LogP contribution in [-0.2, 0) is 19.7 Å². The van der Waals surface area contributed by atoms with Crippen molar-refractivity contribution in [3.05, 3.63) is 71.7 Å². The van der Waals surface area contributed by atoms with Crippen molar-refractivity contribution < 1.29 is 18.8 Å². The standard InChI is InChI=1S/C32H39N5O4.C2H6/c1-7-27(34-22(4)30(38)33-19-20-37(5)6)35-28-21(3)36-41-29(28)25-11-9-23(10-12-25)24-13-15-26(16-14-24)32(17-18-32)31(39)40-8-2;1-2/h7,9-16,35H,8,17-20H2,1-6H3,(H,33,38);1-2H3/b27-7+,34-22+;. The molecule has 9 heteroatoms. The number of aliphatic imine (C=N–C) groups is 1. The molecule has 43 heavy (non-hydrogen) atoms. The van der Waals surface area contributed by atoms with Crippen LogP contribution < -0.4 is 10.6 Å². The second-order valence-electron chi connectivity index (χ2n) is 10.5. The summed E-state index contributed by atoms with van der Waals surface area (Å²) in [5, 5.41) is 10.3. The summed E-state index contributed by atoms with van der Waals surface area (Å²) in [4.78, 5) is 31.4. The summed E-state index contributed by atoms with van der Waals surface area (Å²) >= 11 is 0. The van der Waals surface area contributed by atoms with Gasteiger partial charge in [-0.15, -0.1) is 0 Å². The Bertz CT molecular complexity index is 1430. The van der Waals surface area contributed by atoms with Gasteiger partial charge in [0.05, 0.1) is 12.0 Å². The lowest BCUT2D eigenvalue weighted by Gasteiger charge is -2.14. The predicted octanol–water partition coefficient (Wildman–Crippen LogP) is 6.35. The Morgan fingerprint density at radius 2 is 1.63 bits per heavy atom. The minimum absolute atomic E-state index is 0.130. The summed E-state index contributed by atoms with van der Waals surface area (Å²) in [7, 11) is 3.91. The maximum Gasteiger partial charge on any atom is 0.316 e. The van der Waals surface area contributed by atoms with E-state index in [0.29, 0.717) is 41.8 Å². The van der Waals surface area contributed by atoms with E-state index in [2.05, 4.69) is 20.8 Å². The topological polar surface area (TPSA) is 109 Å². The van der Waals surface area contributed by atoms with E-state index in [1.807, 2.05) is 102 Å². The lowest BCUT2D eigenvalue weighted by atomic mass is 9.93. The minimum atomic E-state index is -0.476. The number of ether oxygens (including phenoxy) is 1. The van der Waals surface area contributed by atoms with Crippen LogP contribution in [0.25, 0.3) is 22.5 Å². The molecule has 2 N–H and O–H groups in total. The van der Waals surface area contributed by atoms with E-state index in [9.17, 15) is 9.59 Å². The molecule has 0 atom stereocenters. The lowest BCUT2D eigenvalue weighted by Crippen LogP contribution is -2.35. The van der Waals surface area contributed by atoms with Crippen LogP contribution in [0, 0.1) is 6.92 Å². The number of amides is 1. The fourth-order valence-corrected chi connectivity index (χ4v) is 4.56. The zero-order valence-corrected chi connectivity index (χ0v) is 26.7. The molecule has 0 radical (unpaired) electrons. The van der Waals surface area contributed by atoms with Gasteiger partial charge in [-0.2, -0.15) is 0 Å². The molecule has 1 aromatic heterocycles. The summed E-state index contributed by atoms with van der Waals surface area (Å²) in [5.41, 5.74) is 5.20. The van der Waals surface area contributed by atoms with Gasteiger partial charge in [0, 0.05) is 18.7 Å². The van der Waals surface area contributed by atoms with Crippen LogP contribution >= 0.6 is 0 Å². The van der Waals surface area contributed by atoms with Crippen LogP contribution in [-0.4, -0.2) is 61.4 Å². The molecule has 3 aromatic rings. The van der Waals surface area contributed by atoms with Crippen molar-refractivity contribution in [2.45, 2.75) is 59.8 Å². The highest BCUT2D eigenvalue weighted by atomic mass is 16.5. The van der Waals surface area contributed by atoms with Crippen LogP contribution in [0.2, 0.25) is 0 Å². The number of rotatable bonds is 12. The van der Waals surface area contributed by atoms with Crippen molar-refractivity contribution >= 4 is 23.3 Å². The Hall–Kier alpha value is -4.24. The fourth-order valence-electron chi connectivity index (χ4n) is 4.56. The summed E-state index contributed by atoms with van der Waals surface area (Å²) in [6.07, 6.45) is 3.46. The largest absolute Gasteiger partial charge is 0.465 e. The molecule has 1 aliphatic rings. The Labute approximate surface area is 255 Å². The highest BCUT2D eigenvalue weighted by molar-refractivity contribution is 6.38. The number of anilines is 1. The van der Waals surface area contributed by atoms with E-state index in [1.165, 1.54) is 0 Å². The third kappa shape index (κ3) is 8.20. The van der Waals surface area contributed by atoms with Gasteiger partial charge >= 0.3 is 5.97 Å². The number of allylic oxidation sites excluding steroid dienone is 1. The van der Waals surface area contributed by atoms with Gasteiger partial charge in [0.1, 0.15) is 22.9 Å². The molecule has 0 unspecified atom stereocenters. The smallest absolute Gasteiger partial charge is 0.316 e. The second kappa shape index (κ2) is 15.3. The minimum Gasteiger partial charge on any atom is -0.465 e. The zero-order chi connectivity index (χ0) is 31.6. The number of nitrogens with zero attached hydrogens (tertiary/aromatic N) is 3. The van der Waals surface area contributed by atoms with Gasteiger partial charge in [0.15, 0.2) is 5.76 Å². The third-order valence-corrected chi connectivity index (χ3v) is 7.18. The van der Waals surface area contributed by atoms with Gasteiger partial charge in [-0.05, 0) is 77.4 Å². The molecule has 1 fully saturated rings. The third-order valence-electron chi connectivity index (χ3n) is 7.18. The van der Waals surface area contributed by atoms with Gasteiger partial charge in [0.25, 0.3) is 5.91 Å². The Morgan fingerprint density at radius 1 is 1.05 bits per heavy atom. The summed E-state index contributed by atoms with van der Waals surface area (Å²) in [6, 6.07) is 16.2. The summed E-state index contributed by atoms with van der Waals surface area (Å²) in [6.45, 7) is 12.9. The molecular weight excluding hydrogens is 542 g/mol. The van der Waals surface area contributed by atoms with Crippen molar-refractivity contribution in [2.24, 2.45) is 4.99 Å². The Kier molecular flexibility index (Phi) is 11.8. The normalized spacial score (nSPS) is 14.1. The Balaban J connectivity index is 0.00000248. The average Bonchev–Trinajstić information content (AvgIpc) is 3.76. The van der Waals surface area contributed by atoms with Crippen LogP contribution in [0.4, 0.5) is 5.69 Å². The molecule has 2 aromatic carbocycles. The number of likely N-dealkylation sites (N-methyl/N-ethyl adjacent to an activating group) is 1. The highest BCUT2D eigenvalue weighted by Crippen LogP contribution is 2.49. The first-order valence-electron chi connectivity index (χ1n) is 14.9. The SMILES string of the molecule is C/C=C(\N=C(/C)C(=O)NCCN(C)C)Nc1c(C)noc1-c1ccc(-c2ccc(C3(C(=O)OCC)CC3)cc2)cc1.CC. The lowest BCUT2D eigenvalue weighted by molar-refractivity contribution is -0.146. The number of nitrogens with one attached hydrogen (secondary N) is 2. The molecule has 1 heterocycles. The molecule has 9 nitrogen and oxygen atoms in total. The molecule has 1 amide bonds. The quantitative estimate of drug-likeness (QED) is 0.188. The molecule has 0 saturated heterocycles. The van der Waals surface area contributed by atoms with Gasteiger partial charge in [-0.25, -0.2) is 4.99 Å². The molecule has 4 rings (SSSR count). The first-order valence-corrected chi connectivity index (χ1v) is 14.9. The van der Waals surface area contributed by atoms with E-state index >= 15 is 0 Å². The number of aryl methyl sites for hydroxylation is 1. The number of hydrogen-bond donors (Lipinski definition) is 2. The van der Waals surface area contributed by atoms with Crippen LogP contribution in [0.3, 0.4) is 0 Å². The molecule has 0 aliphatic heterocycles. The van der Waals surface area contributed by atoms with E-state index < -0.39 is 5.41 Å². The van der Waals surface area contributed by atoms with E-state index in [4.69, 9.17) is 9.26 Å². The number of benzene rings is 2. The van der Waals surface area contributed by atoms with Crippen molar-refractivity contribution in [3.8, 4) is 22.5 Å². The second-order valence-corrected chi connectivity index (χ2v) is 10.5. The number of aromatic nitrogens is 1. The first kappa shape index (κ1) is 33.3. The van der Waals surface area contributed by atoms with Crippen molar-refractivity contribution in [2.75, 3.05) is 39.1 Å². The summed E-state index contributed by atoms with van der Waals surface area (Å²) < 4.78 is 11.0. The molecule has 230 valence electrons. The number of hydrogen-bond acceptors (Lipinski definition) is 8. The highest BCUT2D eigenvalue weighted by Gasteiger charge is 2.52. The Morgan fingerprint density at radius 3 is 2.16 bits per heavy atom. The van der Waals surface area contributed by atoms with Crippen molar-refractivity contribution in [1.29, 1.82) is 0 Å². The molecule has 0 bridgehead atoms. The zero-order valence-electron chi connectivity index (χ0n) is 26.7. The number of esters is 1. The number of carbonyl (C=O) groups excluding carboxylic acids is 2. The van der Waals surface area contributed by atoms with Crippen molar-refractivity contribution in [3.63, 3.8) is 0 Å². The molecule has 0 spiro atoms. The maximum absolute atomic E-state index is 12.4. The molecule has 1 aliphatic carbocycles. The van der Waals surface area contributed by atoms with E-state index in [0.717, 1.165) is 41.6 Å². The molecular formula is C34H45N5O4. The van der Waals surface area contributed by atoms with Gasteiger partial charge < -0.3 is 24.8 Å². The van der Waals surface area contributed by atoms with Crippen LogP contribution in [0.15, 0.2) is 69.9 Å². The van der Waals surface area contributed by atoms with Crippen molar-refractivity contribution in [1.82, 2.24) is 15.4 Å². The van der Waals surface area contributed by atoms with Crippen LogP contribution in [0.1, 0.15) is 58.7 Å². The predicted molar refractivity (Wildman–Crippen MR) is 173 cm³/mol. The summed E-state index contributed by atoms with van der Waals surface area (Å²) in [5.74, 6) is 0.754. The molecule has 1 saturated carbocycles.